The van der Waals surface area contributed by atoms with Crippen LogP contribution in [0.4, 0.5) is 0 Å². The molecule has 0 bridgehead atoms. The van der Waals surface area contributed by atoms with Crippen LogP contribution in [0.2, 0.25) is 0 Å². The van der Waals surface area contributed by atoms with Gasteiger partial charge in [-0.1, -0.05) is 0 Å². The van der Waals surface area contributed by atoms with Crippen molar-refractivity contribution in [2.24, 2.45) is 0 Å². The standard InChI is InChI=1S/C21H42O10/c1-21(2)30-19(17-28-15-13-26-11-9-24-7-3-5-22)20(31-21)18-29-16-14-27-12-10-25-8-4-6-23/h19-20,22-23H,3-18H2,1-2H3. The highest BCUT2D eigenvalue weighted by atomic mass is 16.8. The number of ether oxygens (including phenoxy) is 8. The van der Waals surface area contributed by atoms with Crippen LogP contribution >= 0.6 is 0 Å². The average Bonchev–Trinajstić information content (AvgIpc) is 3.04. The molecule has 0 aromatic carbocycles. The van der Waals surface area contributed by atoms with Gasteiger partial charge in [-0.2, -0.15) is 0 Å². The summed E-state index contributed by atoms with van der Waals surface area (Å²) < 4.78 is 44.6. The van der Waals surface area contributed by atoms with Crippen LogP contribution in [0.1, 0.15) is 26.7 Å². The van der Waals surface area contributed by atoms with E-state index in [1.165, 1.54) is 0 Å². The third-order valence-corrected chi connectivity index (χ3v) is 4.23. The number of rotatable bonds is 22. The van der Waals surface area contributed by atoms with Gasteiger partial charge in [0, 0.05) is 26.4 Å². The lowest BCUT2D eigenvalue weighted by molar-refractivity contribution is -0.155. The Balaban J connectivity index is 2.02. The number of hydrogen-bond donors (Lipinski definition) is 2. The van der Waals surface area contributed by atoms with Crippen molar-refractivity contribution in [1.82, 2.24) is 0 Å². The van der Waals surface area contributed by atoms with E-state index < -0.39 is 5.79 Å². The van der Waals surface area contributed by atoms with E-state index in [9.17, 15) is 0 Å². The monoisotopic (exact) mass is 454 g/mol. The fourth-order valence-electron chi connectivity index (χ4n) is 2.80. The molecule has 1 saturated heterocycles. The number of hydrogen-bond acceptors (Lipinski definition) is 10. The summed E-state index contributed by atoms with van der Waals surface area (Å²) in [6, 6.07) is 0. The second-order valence-corrected chi connectivity index (χ2v) is 7.47. The van der Waals surface area contributed by atoms with E-state index >= 15 is 0 Å². The highest BCUT2D eigenvalue weighted by Gasteiger charge is 2.41. The van der Waals surface area contributed by atoms with Crippen LogP contribution in [-0.4, -0.2) is 121 Å². The third kappa shape index (κ3) is 15.9. The van der Waals surface area contributed by atoms with Crippen molar-refractivity contribution in [2.75, 3.05) is 92.5 Å². The molecule has 10 nitrogen and oxygen atoms in total. The molecule has 1 rings (SSSR count). The summed E-state index contributed by atoms with van der Waals surface area (Å²) in [5.74, 6) is -0.674. The maximum absolute atomic E-state index is 8.66. The Morgan fingerprint density at radius 2 is 0.871 bits per heavy atom. The van der Waals surface area contributed by atoms with E-state index in [2.05, 4.69) is 0 Å². The molecule has 0 saturated carbocycles. The minimum absolute atomic E-state index is 0.139. The molecule has 0 amide bonds. The van der Waals surface area contributed by atoms with E-state index in [1.807, 2.05) is 13.8 Å². The molecular formula is C21H42O10. The molecule has 10 heteroatoms. The second kappa shape index (κ2) is 19.1. The van der Waals surface area contributed by atoms with Crippen molar-refractivity contribution >= 4 is 0 Å². The predicted molar refractivity (Wildman–Crippen MR) is 112 cm³/mol. The Bertz CT molecular complexity index is 362. The van der Waals surface area contributed by atoms with Gasteiger partial charge in [-0.3, -0.25) is 0 Å². The van der Waals surface area contributed by atoms with Crippen LogP contribution in [-0.2, 0) is 37.9 Å². The lowest BCUT2D eigenvalue weighted by Crippen LogP contribution is -2.32. The topological polar surface area (TPSA) is 114 Å². The van der Waals surface area contributed by atoms with E-state index in [1.54, 1.807) is 0 Å². The lowest BCUT2D eigenvalue weighted by atomic mass is 10.2. The van der Waals surface area contributed by atoms with Gasteiger partial charge < -0.3 is 48.1 Å². The first-order valence-corrected chi connectivity index (χ1v) is 11.1. The number of aliphatic hydroxyl groups is 2. The van der Waals surface area contributed by atoms with Gasteiger partial charge in [0.2, 0.25) is 0 Å². The van der Waals surface area contributed by atoms with Gasteiger partial charge in [0.15, 0.2) is 5.79 Å². The van der Waals surface area contributed by atoms with E-state index in [0.717, 1.165) is 0 Å². The molecule has 0 spiro atoms. The zero-order valence-corrected chi connectivity index (χ0v) is 19.1. The molecular weight excluding hydrogens is 412 g/mol. The summed E-state index contributed by atoms with van der Waals surface area (Å²) >= 11 is 0. The maximum atomic E-state index is 8.66. The molecule has 1 aliphatic rings. The fourth-order valence-corrected chi connectivity index (χ4v) is 2.80. The molecule has 0 aliphatic carbocycles. The van der Waals surface area contributed by atoms with E-state index in [4.69, 9.17) is 48.1 Å². The third-order valence-electron chi connectivity index (χ3n) is 4.23. The molecule has 31 heavy (non-hydrogen) atoms. The summed E-state index contributed by atoms with van der Waals surface area (Å²) in [6.45, 7) is 9.78. The van der Waals surface area contributed by atoms with Crippen molar-refractivity contribution in [2.45, 2.75) is 44.7 Å². The lowest BCUT2D eigenvalue weighted by Gasteiger charge is -2.17. The molecule has 186 valence electrons. The van der Waals surface area contributed by atoms with Gasteiger partial charge in [-0.05, 0) is 26.7 Å². The second-order valence-electron chi connectivity index (χ2n) is 7.47. The first kappa shape index (κ1) is 28.6. The van der Waals surface area contributed by atoms with Crippen LogP contribution < -0.4 is 0 Å². The zero-order chi connectivity index (χ0) is 22.6. The maximum Gasteiger partial charge on any atom is 0.163 e. The highest BCUT2D eigenvalue weighted by molar-refractivity contribution is 4.81. The molecule has 2 atom stereocenters. The van der Waals surface area contributed by atoms with Crippen molar-refractivity contribution in [3.63, 3.8) is 0 Å². The van der Waals surface area contributed by atoms with Crippen molar-refractivity contribution < 1.29 is 48.1 Å². The van der Waals surface area contributed by atoms with Crippen LogP contribution in [0.5, 0.6) is 0 Å². The molecule has 1 fully saturated rings. The van der Waals surface area contributed by atoms with Crippen molar-refractivity contribution in [1.29, 1.82) is 0 Å². The normalized spacial score (nSPS) is 20.5. The quantitative estimate of drug-likeness (QED) is 0.222. The SMILES string of the molecule is CC1(C)OC(COCCOCCOCCCO)C(COCCOCCOCCCO)O1. The van der Waals surface area contributed by atoms with Gasteiger partial charge in [0.1, 0.15) is 12.2 Å². The first-order chi connectivity index (χ1) is 15.1. The molecule has 0 radical (unpaired) electrons. The minimum Gasteiger partial charge on any atom is -0.396 e. The van der Waals surface area contributed by atoms with Crippen LogP contribution in [0.25, 0.3) is 0 Å². The van der Waals surface area contributed by atoms with Gasteiger partial charge in [0.05, 0.1) is 66.1 Å². The average molecular weight is 455 g/mol. The van der Waals surface area contributed by atoms with Gasteiger partial charge in [0.25, 0.3) is 0 Å². The highest BCUT2D eigenvalue weighted by Crippen LogP contribution is 2.28. The Kier molecular flexibility index (Phi) is 17.6. The Labute approximate surface area is 186 Å². The fraction of sp³-hybridized carbons (Fsp3) is 1.00. The minimum atomic E-state index is -0.674. The molecule has 1 heterocycles. The summed E-state index contributed by atoms with van der Waals surface area (Å²) in [4.78, 5) is 0. The van der Waals surface area contributed by atoms with Crippen molar-refractivity contribution in [3.8, 4) is 0 Å². The zero-order valence-electron chi connectivity index (χ0n) is 19.1. The van der Waals surface area contributed by atoms with E-state index in [-0.39, 0.29) is 25.4 Å². The van der Waals surface area contributed by atoms with Crippen LogP contribution in [0, 0.1) is 0 Å². The molecule has 0 aromatic rings. The number of aliphatic hydroxyl groups excluding tert-OH is 2. The van der Waals surface area contributed by atoms with Gasteiger partial charge >= 0.3 is 0 Å². The summed E-state index contributed by atoms with van der Waals surface area (Å²) in [6.07, 6.45) is 0.861. The molecule has 0 aromatic heterocycles. The Morgan fingerprint density at radius 1 is 0.548 bits per heavy atom. The Morgan fingerprint density at radius 3 is 1.23 bits per heavy atom. The van der Waals surface area contributed by atoms with E-state index in [0.29, 0.717) is 92.1 Å². The van der Waals surface area contributed by atoms with Crippen molar-refractivity contribution in [3.05, 3.63) is 0 Å². The first-order valence-electron chi connectivity index (χ1n) is 11.1. The molecule has 2 unspecified atom stereocenters. The predicted octanol–water partition coefficient (Wildman–Crippen LogP) is 0.371. The van der Waals surface area contributed by atoms with Gasteiger partial charge in [-0.15, -0.1) is 0 Å². The largest absolute Gasteiger partial charge is 0.396 e. The summed E-state index contributed by atoms with van der Waals surface area (Å²) in [7, 11) is 0. The van der Waals surface area contributed by atoms with Gasteiger partial charge in [-0.25, -0.2) is 0 Å². The molecule has 2 N–H and O–H groups in total. The Hall–Kier alpha value is -0.400. The van der Waals surface area contributed by atoms with Crippen LogP contribution in [0.15, 0.2) is 0 Å². The summed E-state index contributed by atoms with van der Waals surface area (Å²) in [5.41, 5.74) is 0. The summed E-state index contributed by atoms with van der Waals surface area (Å²) in [5, 5.41) is 17.3. The smallest absolute Gasteiger partial charge is 0.163 e. The van der Waals surface area contributed by atoms with Crippen LogP contribution in [0.3, 0.4) is 0 Å². The molecule has 1 aliphatic heterocycles.